The zero-order chi connectivity index (χ0) is 22.2. The Balaban J connectivity index is 1.43. The molecule has 0 spiro atoms. The maximum absolute atomic E-state index is 13.7. The van der Waals surface area contributed by atoms with E-state index in [2.05, 4.69) is 28.6 Å². The summed E-state index contributed by atoms with van der Waals surface area (Å²) in [6, 6.07) is 4.19. The van der Waals surface area contributed by atoms with Gasteiger partial charge in [-0.05, 0) is 66.7 Å². The van der Waals surface area contributed by atoms with Gasteiger partial charge in [-0.2, -0.15) is 0 Å². The van der Waals surface area contributed by atoms with E-state index in [1.807, 2.05) is 17.2 Å². The standard InChI is InChI=1S/C25H29ClN2O3S/c26-19-7-2-8-20-24(19)18(14-27-20)17(22-10-4-12-32-22)13-23(29)28-11-3-6-15-16(25(30)31)5-1-9-21(15)28/h2,4,8,10,12,14-17,19,21,27H,1,3,5-7,9,11,13H2,(H,30,31)/t15?,16?,17-,19?,21?/m0/s1. The second-order valence-corrected chi connectivity index (χ2v) is 10.8. The molecule has 5 rings (SSSR count). The molecule has 1 amide bonds. The van der Waals surface area contributed by atoms with Crippen LogP contribution in [0.25, 0.3) is 6.08 Å². The quantitative estimate of drug-likeness (QED) is 0.541. The van der Waals surface area contributed by atoms with Gasteiger partial charge in [0.1, 0.15) is 0 Å². The molecule has 3 heterocycles. The number of likely N-dealkylation sites (tertiary alicyclic amines) is 1. The third kappa shape index (κ3) is 3.92. The molecule has 0 radical (unpaired) electrons. The number of amides is 1. The number of hydrogen-bond donors (Lipinski definition) is 2. The van der Waals surface area contributed by atoms with Gasteiger partial charge in [-0.1, -0.05) is 18.6 Å². The predicted octanol–water partition coefficient (Wildman–Crippen LogP) is 5.79. The molecule has 0 aromatic carbocycles. The highest BCUT2D eigenvalue weighted by Crippen LogP contribution is 2.44. The molecule has 3 aliphatic rings. The number of aromatic amines is 1. The number of nitrogens with one attached hydrogen (secondary N) is 1. The lowest BCUT2D eigenvalue weighted by Gasteiger charge is -2.46. The van der Waals surface area contributed by atoms with E-state index in [-0.39, 0.29) is 35.1 Å². The lowest BCUT2D eigenvalue weighted by Crippen LogP contribution is -2.53. The van der Waals surface area contributed by atoms with Crippen LogP contribution in [0.2, 0.25) is 0 Å². The number of nitrogens with zero attached hydrogens (tertiary/aromatic N) is 1. The summed E-state index contributed by atoms with van der Waals surface area (Å²) in [7, 11) is 0. The summed E-state index contributed by atoms with van der Waals surface area (Å²) in [6.45, 7) is 0.732. The third-order valence-electron chi connectivity index (χ3n) is 7.57. The van der Waals surface area contributed by atoms with Crippen molar-refractivity contribution < 1.29 is 14.7 Å². The fraction of sp³-hybridized carbons (Fsp3) is 0.520. The Morgan fingerprint density at radius 1 is 1.28 bits per heavy atom. The van der Waals surface area contributed by atoms with Gasteiger partial charge in [0.15, 0.2) is 0 Å². The van der Waals surface area contributed by atoms with E-state index < -0.39 is 5.97 Å². The minimum absolute atomic E-state index is 0.0468. The van der Waals surface area contributed by atoms with Crippen LogP contribution in [0.3, 0.4) is 0 Å². The normalized spacial score (nSPS) is 28.1. The maximum atomic E-state index is 13.7. The van der Waals surface area contributed by atoms with Gasteiger partial charge in [-0.3, -0.25) is 9.59 Å². The van der Waals surface area contributed by atoms with E-state index in [9.17, 15) is 14.7 Å². The number of fused-ring (bicyclic) bond motifs is 2. The molecule has 4 unspecified atom stereocenters. The van der Waals surface area contributed by atoms with Crippen LogP contribution in [0.5, 0.6) is 0 Å². The number of allylic oxidation sites excluding steroid dienone is 1. The number of carbonyl (C=O) groups excluding carboxylic acids is 1. The van der Waals surface area contributed by atoms with E-state index in [0.29, 0.717) is 6.42 Å². The summed E-state index contributed by atoms with van der Waals surface area (Å²) in [6.07, 6.45) is 11.7. The van der Waals surface area contributed by atoms with Gasteiger partial charge in [0.25, 0.3) is 0 Å². The van der Waals surface area contributed by atoms with E-state index in [4.69, 9.17) is 11.6 Å². The van der Waals surface area contributed by atoms with Crippen LogP contribution >= 0.6 is 22.9 Å². The SMILES string of the molecule is O=C(O)C1CCCC2C1CCCN2C(=O)C[C@H](c1cccs1)c1c[nH]c2c1C(Cl)CC=C2. The van der Waals surface area contributed by atoms with Crippen molar-refractivity contribution in [2.24, 2.45) is 11.8 Å². The largest absolute Gasteiger partial charge is 0.481 e. The third-order valence-corrected chi connectivity index (χ3v) is 8.95. The van der Waals surface area contributed by atoms with Gasteiger partial charge in [0, 0.05) is 41.7 Å². The Morgan fingerprint density at radius 2 is 2.16 bits per heavy atom. The number of rotatable bonds is 5. The van der Waals surface area contributed by atoms with Gasteiger partial charge < -0.3 is 15.0 Å². The minimum atomic E-state index is -0.703. The van der Waals surface area contributed by atoms with Gasteiger partial charge in [-0.25, -0.2) is 0 Å². The number of carbonyl (C=O) groups is 2. The van der Waals surface area contributed by atoms with Crippen molar-refractivity contribution in [3.8, 4) is 0 Å². The molecular weight excluding hydrogens is 444 g/mol. The number of carboxylic acid groups (broad SMARTS) is 1. The van der Waals surface area contributed by atoms with Crippen LogP contribution < -0.4 is 0 Å². The molecule has 2 aromatic heterocycles. The van der Waals surface area contributed by atoms with Crippen molar-refractivity contribution >= 4 is 40.9 Å². The summed E-state index contributed by atoms with van der Waals surface area (Å²) in [5.41, 5.74) is 3.26. The number of alkyl halides is 1. The zero-order valence-electron chi connectivity index (χ0n) is 18.0. The zero-order valence-corrected chi connectivity index (χ0v) is 19.6. The fourth-order valence-electron chi connectivity index (χ4n) is 6.11. The second-order valence-electron chi connectivity index (χ2n) is 9.29. The number of carboxylic acids is 1. The molecule has 5 nitrogen and oxygen atoms in total. The molecule has 2 fully saturated rings. The monoisotopic (exact) mass is 472 g/mol. The van der Waals surface area contributed by atoms with Crippen LogP contribution in [0.15, 0.2) is 29.8 Å². The van der Waals surface area contributed by atoms with Crippen molar-refractivity contribution in [3.05, 3.63) is 51.5 Å². The number of thiophene rings is 1. The molecule has 1 saturated heterocycles. The smallest absolute Gasteiger partial charge is 0.306 e. The number of piperidine rings is 1. The number of aromatic nitrogens is 1. The molecule has 2 N–H and O–H groups in total. The Labute approximate surface area is 197 Å². The van der Waals surface area contributed by atoms with Crippen LogP contribution in [0, 0.1) is 11.8 Å². The first-order valence-corrected chi connectivity index (χ1v) is 12.9. The molecule has 2 aromatic rings. The van der Waals surface area contributed by atoms with Gasteiger partial charge in [-0.15, -0.1) is 22.9 Å². The molecule has 0 bridgehead atoms. The van der Waals surface area contributed by atoms with Crippen molar-refractivity contribution in [2.45, 2.75) is 62.3 Å². The van der Waals surface area contributed by atoms with Crippen molar-refractivity contribution in [1.82, 2.24) is 9.88 Å². The first-order valence-electron chi connectivity index (χ1n) is 11.6. The lowest BCUT2D eigenvalue weighted by molar-refractivity contribution is -0.152. The molecular formula is C25H29ClN2O3S. The summed E-state index contributed by atoms with van der Waals surface area (Å²) in [4.78, 5) is 32.1. The van der Waals surface area contributed by atoms with Crippen LogP contribution in [-0.4, -0.2) is 39.5 Å². The van der Waals surface area contributed by atoms with Crippen molar-refractivity contribution in [3.63, 3.8) is 0 Å². The first-order chi connectivity index (χ1) is 15.5. The van der Waals surface area contributed by atoms with Gasteiger partial charge >= 0.3 is 5.97 Å². The predicted molar refractivity (Wildman–Crippen MR) is 127 cm³/mol. The Morgan fingerprint density at radius 3 is 2.94 bits per heavy atom. The Bertz CT molecular complexity index is 1010. The molecule has 32 heavy (non-hydrogen) atoms. The van der Waals surface area contributed by atoms with Crippen molar-refractivity contribution in [1.29, 1.82) is 0 Å². The number of hydrogen-bond acceptors (Lipinski definition) is 3. The number of H-pyrrole nitrogens is 1. The average molecular weight is 473 g/mol. The van der Waals surface area contributed by atoms with Crippen LogP contribution in [0.4, 0.5) is 0 Å². The fourth-order valence-corrected chi connectivity index (χ4v) is 7.31. The molecule has 1 saturated carbocycles. The highest BCUT2D eigenvalue weighted by Gasteiger charge is 2.44. The molecule has 170 valence electrons. The average Bonchev–Trinajstić information content (AvgIpc) is 3.47. The Hall–Kier alpha value is -2.05. The maximum Gasteiger partial charge on any atom is 0.306 e. The molecule has 1 aliphatic heterocycles. The summed E-state index contributed by atoms with van der Waals surface area (Å²) in [5, 5.41) is 11.7. The number of aliphatic carboxylic acids is 1. The first kappa shape index (κ1) is 21.8. The van der Waals surface area contributed by atoms with Crippen LogP contribution in [-0.2, 0) is 9.59 Å². The van der Waals surface area contributed by atoms with E-state index in [1.165, 1.54) is 4.88 Å². The van der Waals surface area contributed by atoms with E-state index in [0.717, 1.165) is 61.9 Å². The number of halogens is 1. The van der Waals surface area contributed by atoms with E-state index >= 15 is 0 Å². The highest BCUT2D eigenvalue weighted by atomic mass is 35.5. The topological polar surface area (TPSA) is 73.4 Å². The summed E-state index contributed by atoms with van der Waals surface area (Å²) < 4.78 is 0. The Kier molecular flexibility index (Phi) is 6.17. The van der Waals surface area contributed by atoms with Gasteiger partial charge in [0.2, 0.25) is 5.91 Å². The van der Waals surface area contributed by atoms with Crippen molar-refractivity contribution in [2.75, 3.05) is 6.54 Å². The van der Waals surface area contributed by atoms with Gasteiger partial charge in [0.05, 0.1) is 11.3 Å². The highest BCUT2D eigenvalue weighted by molar-refractivity contribution is 7.10. The summed E-state index contributed by atoms with van der Waals surface area (Å²) >= 11 is 8.38. The molecule has 5 atom stereocenters. The second kappa shape index (κ2) is 9.06. The van der Waals surface area contributed by atoms with Crippen LogP contribution in [0.1, 0.15) is 77.9 Å². The molecule has 2 aliphatic carbocycles. The minimum Gasteiger partial charge on any atom is -0.481 e. The summed E-state index contributed by atoms with van der Waals surface area (Å²) in [5.74, 6) is -0.855. The lowest BCUT2D eigenvalue weighted by atomic mass is 9.71. The molecule has 7 heteroatoms. The van der Waals surface area contributed by atoms with E-state index in [1.54, 1.807) is 11.3 Å².